The number of aryl methyl sites for hydroxylation is 1. The number of rotatable bonds is 7. The van der Waals surface area contributed by atoms with E-state index in [9.17, 15) is 31.2 Å². The second-order valence-corrected chi connectivity index (χ2v) is 7.08. The van der Waals surface area contributed by atoms with Gasteiger partial charge in [-0.15, -0.1) is 0 Å². The molecule has 28 heavy (non-hydrogen) atoms. The Morgan fingerprint density at radius 3 is 2.46 bits per heavy atom. The lowest BCUT2D eigenvalue weighted by atomic mass is 10.3. The summed E-state index contributed by atoms with van der Waals surface area (Å²) in [5.41, 5.74) is 0.606. The first-order chi connectivity index (χ1) is 13.1. The number of nitrogens with one attached hydrogen (secondary N) is 1. The van der Waals surface area contributed by atoms with E-state index >= 15 is 0 Å². The van der Waals surface area contributed by atoms with Crippen LogP contribution in [0.25, 0.3) is 11.4 Å². The molecule has 0 radical (unpaired) electrons. The Hall–Kier alpha value is -3.00. The van der Waals surface area contributed by atoms with Gasteiger partial charge in [0, 0.05) is 24.0 Å². The summed E-state index contributed by atoms with van der Waals surface area (Å²) in [5.74, 6) is -4.49. The predicted molar refractivity (Wildman–Crippen MR) is 84.4 cm³/mol. The molecule has 2 aromatic heterocycles. The average molecular weight is 420 g/mol. The van der Waals surface area contributed by atoms with Gasteiger partial charge in [0.15, 0.2) is 18.6 Å². The Morgan fingerprint density at radius 1 is 1.21 bits per heavy atom. The molecule has 0 spiro atoms. The fourth-order valence-electron chi connectivity index (χ4n) is 1.75. The smallest absolute Gasteiger partial charge is 0.385 e. The molecule has 0 bridgehead atoms. The van der Waals surface area contributed by atoms with Crippen molar-refractivity contribution in [2.45, 2.75) is 12.7 Å². The molecule has 150 valence electrons. The fourth-order valence-corrected chi connectivity index (χ4v) is 2.66. The lowest BCUT2D eigenvalue weighted by Crippen LogP contribution is -2.43. The molecule has 0 amide bonds. The highest BCUT2D eigenvalue weighted by atomic mass is 32.2. The number of hydrogen-bond acceptors (Lipinski definition) is 8. The third-order valence-electron chi connectivity index (χ3n) is 3.06. The summed E-state index contributed by atoms with van der Waals surface area (Å²) < 4.78 is 65.9. The summed E-state index contributed by atoms with van der Waals surface area (Å²) >= 11 is 0. The molecule has 0 fully saturated rings. The van der Waals surface area contributed by atoms with Gasteiger partial charge in [-0.25, -0.2) is 27.9 Å². The molecule has 0 saturated heterocycles. The number of halogens is 3. The Bertz CT molecular complexity index is 936. The normalized spacial score (nSPS) is 11.8. The number of carbonyl (C=O) groups is 2. The van der Waals surface area contributed by atoms with Gasteiger partial charge in [-0.2, -0.15) is 13.2 Å². The Labute approximate surface area is 156 Å². The van der Waals surface area contributed by atoms with Crippen molar-refractivity contribution >= 4 is 22.0 Å². The maximum Gasteiger partial charge on any atom is 0.491 e. The summed E-state index contributed by atoms with van der Waals surface area (Å²) in [4.78, 5) is 29.6. The number of aromatic nitrogens is 4. The van der Waals surface area contributed by atoms with E-state index in [1.807, 2.05) is 0 Å². The van der Waals surface area contributed by atoms with Crippen molar-refractivity contribution in [3.63, 3.8) is 0 Å². The van der Waals surface area contributed by atoms with Crippen molar-refractivity contribution < 1.29 is 40.6 Å². The maximum atomic E-state index is 11.9. The van der Waals surface area contributed by atoms with Gasteiger partial charge in [-0.3, -0.25) is 4.79 Å². The van der Waals surface area contributed by atoms with Crippen molar-refractivity contribution in [3.05, 3.63) is 36.9 Å². The van der Waals surface area contributed by atoms with Crippen LogP contribution in [0, 0.1) is 0 Å². The number of ether oxygens (including phenoxy) is 1. The molecule has 0 aliphatic rings. The standard InChI is InChI=1S/C14H13F3N5O5S/c15-14(16,17)13(24)27-11(23)9-21-28(25,26)7-6-22-5-2-10(8-20-22)12-18-3-1-4-19-12/h1-5,8,21H,6-7,9H2/q+1. The second kappa shape index (κ2) is 8.79. The van der Waals surface area contributed by atoms with Crippen LogP contribution < -0.4 is 9.40 Å². The zero-order valence-corrected chi connectivity index (χ0v) is 14.8. The third-order valence-corrected chi connectivity index (χ3v) is 4.36. The van der Waals surface area contributed by atoms with Crippen molar-refractivity contribution in [1.29, 1.82) is 0 Å². The van der Waals surface area contributed by atoms with E-state index in [0.29, 0.717) is 11.4 Å². The SMILES string of the molecule is O=C(CNS(=O)(=O)CC[n+]1ccc(-c2ncccn2)cn1)OC(=O)C(F)(F)F. The molecule has 0 saturated carbocycles. The van der Waals surface area contributed by atoms with Gasteiger partial charge in [0.25, 0.3) is 0 Å². The van der Waals surface area contributed by atoms with Gasteiger partial charge in [0.2, 0.25) is 10.0 Å². The first-order valence-electron chi connectivity index (χ1n) is 7.49. The Morgan fingerprint density at radius 2 is 1.89 bits per heavy atom. The summed E-state index contributed by atoms with van der Waals surface area (Å²) in [6.45, 7) is -1.23. The summed E-state index contributed by atoms with van der Waals surface area (Å²) in [7, 11) is -4.04. The van der Waals surface area contributed by atoms with Crippen LogP contribution in [0.15, 0.2) is 36.9 Å². The highest BCUT2D eigenvalue weighted by molar-refractivity contribution is 7.89. The van der Waals surface area contributed by atoms with Crippen LogP contribution in [0.1, 0.15) is 0 Å². The highest BCUT2D eigenvalue weighted by Gasteiger charge is 2.42. The number of hydrogen-bond donors (Lipinski definition) is 1. The van der Waals surface area contributed by atoms with Crippen LogP contribution in [-0.4, -0.2) is 53.9 Å². The van der Waals surface area contributed by atoms with Crippen LogP contribution in [0.3, 0.4) is 0 Å². The van der Waals surface area contributed by atoms with Crippen molar-refractivity contribution in [3.8, 4) is 11.4 Å². The van der Waals surface area contributed by atoms with E-state index in [1.54, 1.807) is 29.2 Å². The van der Waals surface area contributed by atoms with E-state index in [2.05, 4.69) is 19.8 Å². The van der Waals surface area contributed by atoms with Gasteiger partial charge in [0.1, 0.15) is 18.5 Å². The molecule has 0 aliphatic heterocycles. The van der Waals surface area contributed by atoms with E-state index in [4.69, 9.17) is 0 Å². The number of alkyl halides is 3. The molecule has 0 aromatic carbocycles. The minimum absolute atomic E-state index is 0.109. The largest absolute Gasteiger partial charge is 0.491 e. The molecular formula is C14H13F3N5O5S+. The number of nitrogens with zero attached hydrogens (tertiary/aromatic N) is 4. The lowest BCUT2D eigenvalue weighted by molar-refractivity contribution is -0.749. The molecule has 1 N–H and O–H groups in total. The van der Waals surface area contributed by atoms with E-state index in [-0.39, 0.29) is 6.54 Å². The summed E-state index contributed by atoms with van der Waals surface area (Å²) in [6, 6.07) is 3.26. The molecular weight excluding hydrogens is 407 g/mol. The van der Waals surface area contributed by atoms with Crippen LogP contribution in [0.2, 0.25) is 0 Å². The van der Waals surface area contributed by atoms with Crippen LogP contribution in [0.5, 0.6) is 0 Å². The number of esters is 2. The Kier molecular flexibility index (Phi) is 6.69. The minimum Gasteiger partial charge on any atom is -0.385 e. The molecule has 2 aromatic rings. The maximum absolute atomic E-state index is 11.9. The van der Waals surface area contributed by atoms with Crippen LogP contribution >= 0.6 is 0 Å². The molecule has 0 aliphatic carbocycles. The lowest BCUT2D eigenvalue weighted by Gasteiger charge is -2.06. The Balaban J connectivity index is 1.84. The summed E-state index contributed by atoms with van der Waals surface area (Å²) in [6.07, 6.45) is 0.657. The van der Waals surface area contributed by atoms with Gasteiger partial charge in [0.05, 0.1) is 0 Å². The quantitative estimate of drug-likeness (QED) is 0.356. The van der Waals surface area contributed by atoms with Gasteiger partial charge >= 0.3 is 18.1 Å². The molecule has 14 heteroatoms. The molecule has 10 nitrogen and oxygen atoms in total. The third kappa shape index (κ3) is 6.62. The monoisotopic (exact) mass is 420 g/mol. The molecule has 0 unspecified atom stereocenters. The van der Waals surface area contributed by atoms with Crippen LogP contribution in [0.4, 0.5) is 13.2 Å². The minimum atomic E-state index is -5.35. The van der Waals surface area contributed by atoms with Gasteiger partial charge < -0.3 is 4.74 Å². The van der Waals surface area contributed by atoms with Crippen molar-refractivity contribution in [2.24, 2.45) is 0 Å². The second-order valence-electron chi connectivity index (χ2n) is 5.15. The van der Waals surface area contributed by atoms with E-state index in [0.717, 1.165) is 0 Å². The zero-order chi connectivity index (χ0) is 20.8. The van der Waals surface area contributed by atoms with Crippen molar-refractivity contribution in [1.82, 2.24) is 19.8 Å². The van der Waals surface area contributed by atoms with Gasteiger partial charge in [-0.1, -0.05) is 4.68 Å². The molecule has 2 heterocycles. The number of carbonyl (C=O) groups excluding carboxylic acids is 2. The zero-order valence-electron chi connectivity index (χ0n) is 14.0. The highest BCUT2D eigenvalue weighted by Crippen LogP contribution is 2.16. The van der Waals surface area contributed by atoms with E-state index < -0.39 is 40.4 Å². The average Bonchev–Trinajstić information content (AvgIpc) is 2.65. The van der Waals surface area contributed by atoms with E-state index in [1.165, 1.54) is 17.1 Å². The van der Waals surface area contributed by atoms with Crippen molar-refractivity contribution in [2.75, 3.05) is 12.3 Å². The molecule has 2 rings (SSSR count). The fraction of sp³-hybridized carbons (Fsp3) is 0.286. The first kappa shape index (κ1) is 21.3. The molecule has 0 atom stereocenters. The van der Waals surface area contributed by atoms with Gasteiger partial charge in [-0.05, 0) is 11.2 Å². The predicted octanol–water partition coefficient (Wildman–Crippen LogP) is -0.622. The number of sulfonamides is 1. The summed E-state index contributed by atoms with van der Waals surface area (Å²) in [5, 5.41) is 4.00. The first-order valence-corrected chi connectivity index (χ1v) is 9.14. The van der Waals surface area contributed by atoms with Crippen LogP contribution in [-0.2, 0) is 30.9 Å². The topological polar surface area (TPSA) is 132 Å².